The summed E-state index contributed by atoms with van der Waals surface area (Å²) in [6.45, 7) is 10.5. The summed E-state index contributed by atoms with van der Waals surface area (Å²) in [6.07, 6.45) is 0.259. The Hall–Kier alpha value is -1.46. The summed E-state index contributed by atoms with van der Waals surface area (Å²) in [5.74, 6) is -0.426. The van der Waals surface area contributed by atoms with Gasteiger partial charge < -0.3 is 9.64 Å². The van der Waals surface area contributed by atoms with Crippen LogP contribution in [0.15, 0.2) is 18.2 Å². The van der Waals surface area contributed by atoms with Gasteiger partial charge in [0.2, 0.25) is 0 Å². The van der Waals surface area contributed by atoms with Crippen molar-refractivity contribution < 1.29 is 13.9 Å². The highest BCUT2D eigenvalue weighted by molar-refractivity contribution is 5.94. The van der Waals surface area contributed by atoms with E-state index in [0.717, 1.165) is 39.3 Å². The molecule has 0 radical (unpaired) electrons. The molecule has 2 rings (SSSR count). The van der Waals surface area contributed by atoms with E-state index < -0.39 is 0 Å². The van der Waals surface area contributed by atoms with Crippen LogP contribution in [0.3, 0.4) is 0 Å². The van der Waals surface area contributed by atoms with Gasteiger partial charge in [-0.1, -0.05) is 0 Å². The fourth-order valence-electron chi connectivity index (χ4n) is 2.61. The van der Waals surface area contributed by atoms with Gasteiger partial charge in [0, 0.05) is 38.3 Å². The lowest BCUT2D eigenvalue weighted by Gasteiger charge is -2.36. The van der Waals surface area contributed by atoms with Crippen LogP contribution < -0.4 is 4.90 Å². The summed E-state index contributed by atoms with van der Waals surface area (Å²) in [6, 6.07) is 4.74. The molecule has 1 aromatic carbocycles. The van der Waals surface area contributed by atoms with Gasteiger partial charge in [-0.15, -0.1) is 0 Å². The second kappa shape index (κ2) is 7.70. The third kappa shape index (κ3) is 4.52. The topological polar surface area (TPSA) is 32.8 Å². The van der Waals surface area contributed by atoms with Crippen LogP contribution in [0.5, 0.6) is 0 Å². The fourth-order valence-corrected chi connectivity index (χ4v) is 2.61. The van der Waals surface area contributed by atoms with Gasteiger partial charge in [0.05, 0.1) is 18.4 Å². The van der Waals surface area contributed by atoms with E-state index in [1.165, 1.54) is 13.0 Å². The second-order valence-electron chi connectivity index (χ2n) is 5.97. The summed E-state index contributed by atoms with van der Waals surface area (Å²) in [4.78, 5) is 15.7. The van der Waals surface area contributed by atoms with Gasteiger partial charge in [-0.3, -0.25) is 9.69 Å². The molecule has 0 bridgehead atoms. The zero-order valence-corrected chi connectivity index (χ0v) is 13.6. The van der Waals surface area contributed by atoms with E-state index >= 15 is 0 Å². The molecule has 1 aromatic rings. The Labute approximate surface area is 131 Å². The highest BCUT2D eigenvalue weighted by Crippen LogP contribution is 2.22. The number of carbonyl (C=O) groups is 1. The first-order valence-electron chi connectivity index (χ1n) is 7.86. The lowest BCUT2D eigenvalue weighted by molar-refractivity contribution is 0.0578. The Balaban J connectivity index is 1.87. The van der Waals surface area contributed by atoms with Crippen molar-refractivity contribution in [1.82, 2.24) is 4.90 Å². The number of benzene rings is 1. The van der Waals surface area contributed by atoms with Crippen LogP contribution >= 0.6 is 0 Å². The third-order valence-corrected chi connectivity index (χ3v) is 3.93. The zero-order chi connectivity index (χ0) is 16.1. The molecule has 122 valence electrons. The van der Waals surface area contributed by atoms with E-state index in [9.17, 15) is 9.18 Å². The molecule has 1 heterocycles. The molecule has 1 aliphatic rings. The monoisotopic (exact) mass is 308 g/mol. The number of nitrogens with zero attached hydrogens (tertiary/aromatic N) is 2. The van der Waals surface area contributed by atoms with Crippen LogP contribution in [0.25, 0.3) is 0 Å². The van der Waals surface area contributed by atoms with Crippen LogP contribution in [0, 0.1) is 5.82 Å². The molecule has 1 aliphatic heterocycles. The molecular weight excluding hydrogens is 283 g/mol. The lowest BCUT2D eigenvalue weighted by atomic mass is 10.1. The largest absolute Gasteiger partial charge is 0.377 e. The number of halogens is 1. The van der Waals surface area contributed by atoms with Crippen LogP contribution in [-0.4, -0.2) is 56.1 Å². The van der Waals surface area contributed by atoms with Gasteiger partial charge in [-0.2, -0.15) is 0 Å². The molecular formula is C17H25FN2O2. The lowest BCUT2D eigenvalue weighted by Crippen LogP contribution is -2.47. The predicted molar refractivity (Wildman–Crippen MR) is 86.1 cm³/mol. The maximum Gasteiger partial charge on any atom is 0.159 e. The number of rotatable bonds is 6. The molecule has 0 atom stereocenters. The van der Waals surface area contributed by atoms with Crippen molar-refractivity contribution >= 4 is 11.5 Å². The van der Waals surface area contributed by atoms with Crippen molar-refractivity contribution in [3.8, 4) is 0 Å². The quantitative estimate of drug-likeness (QED) is 0.756. The summed E-state index contributed by atoms with van der Waals surface area (Å²) < 4.78 is 19.7. The number of piperazine rings is 1. The van der Waals surface area contributed by atoms with E-state index in [0.29, 0.717) is 11.3 Å². The molecule has 4 nitrogen and oxygen atoms in total. The average Bonchev–Trinajstić information content (AvgIpc) is 2.47. The molecule has 0 unspecified atom stereocenters. The van der Waals surface area contributed by atoms with Crippen molar-refractivity contribution in [3.63, 3.8) is 0 Å². The average molecular weight is 308 g/mol. The molecule has 0 aliphatic carbocycles. The van der Waals surface area contributed by atoms with Crippen LogP contribution in [0.1, 0.15) is 31.1 Å². The van der Waals surface area contributed by atoms with Gasteiger partial charge in [0.25, 0.3) is 0 Å². The first-order valence-corrected chi connectivity index (χ1v) is 7.86. The molecule has 0 spiro atoms. The molecule has 0 saturated carbocycles. The van der Waals surface area contributed by atoms with E-state index in [2.05, 4.69) is 4.90 Å². The van der Waals surface area contributed by atoms with Crippen molar-refractivity contribution in [2.45, 2.75) is 26.9 Å². The Morgan fingerprint density at radius 1 is 1.27 bits per heavy atom. The first-order chi connectivity index (χ1) is 10.5. The van der Waals surface area contributed by atoms with Crippen LogP contribution in [-0.2, 0) is 4.74 Å². The zero-order valence-electron chi connectivity index (χ0n) is 13.6. The Bertz CT molecular complexity index is 511. The minimum Gasteiger partial charge on any atom is -0.377 e. The van der Waals surface area contributed by atoms with Crippen molar-refractivity contribution in [3.05, 3.63) is 29.6 Å². The normalized spacial score (nSPS) is 16.3. The minimum atomic E-state index is -0.315. The van der Waals surface area contributed by atoms with Crippen molar-refractivity contribution in [1.29, 1.82) is 0 Å². The van der Waals surface area contributed by atoms with Crippen LogP contribution in [0.2, 0.25) is 0 Å². The van der Waals surface area contributed by atoms with Crippen molar-refractivity contribution in [2.24, 2.45) is 0 Å². The number of anilines is 1. The van der Waals surface area contributed by atoms with E-state index in [1.54, 1.807) is 12.1 Å². The number of carbonyl (C=O) groups excluding carboxylic acids is 1. The first kappa shape index (κ1) is 16.9. The Morgan fingerprint density at radius 2 is 1.95 bits per heavy atom. The van der Waals surface area contributed by atoms with E-state index in [4.69, 9.17) is 4.74 Å². The molecule has 0 aromatic heterocycles. The number of hydrogen-bond acceptors (Lipinski definition) is 4. The fraction of sp³-hybridized carbons (Fsp3) is 0.588. The van der Waals surface area contributed by atoms with Crippen molar-refractivity contribution in [2.75, 3.05) is 44.2 Å². The molecule has 5 heteroatoms. The number of ether oxygens (including phenoxy) is 1. The van der Waals surface area contributed by atoms with E-state index in [1.807, 2.05) is 18.7 Å². The maximum absolute atomic E-state index is 14.2. The summed E-state index contributed by atoms with van der Waals surface area (Å²) in [5, 5.41) is 0. The second-order valence-corrected chi connectivity index (χ2v) is 5.97. The van der Waals surface area contributed by atoms with Gasteiger partial charge in [-0.05, 0) is 39.0 Å². The molecule has 1 saturated heterocycles. The number of Topliss-reactive ketones (excluding diaryl/α,β-unsaturated/α-hetero) is 1. The highest BCUT2D eigenvalue weighted by Gasteiger charge is 2.19. The van der Waals surface area contributed by atoms with Gasteiger partial charge in [-0.25, -0.2) is 4.39 Å². The summed E-state index contributed by atoms with van der Waals surface area (Å²) >= 11 is 0. The minimum absolute atomic E-state index is 0.111. The molecule has 0 amide bonds. The SMILES string of the molecule is CC(=O)c1ccc(N2CCN(CCOC(C)C)CC2)c(F)c1. The summed E-state index contributed by atoms with van der Waals surface area (Å²) in [7, 11) is 0. The Morgan fingerprint density at radius 3 is 2.50 bits per heavy atom. The number of hydrogen-bond donors (Lipinski definition) is 0. The van der Waals surface area contributed by atoms with Crippen LogP contribution in [0.4, 0.5) is 10.1 Å². The number of ketones is 1. The summed E-state index contributed by atoms with van der Waals surface area (Å²) in [5.41, 5.74) is 1.01. The van der Waals surface area contributed by atoms with Gasteiger partial charge in [0.1, 0.15) is 5.82 Å². The Kier molecular flexibility index (Phi) is 5.91. The molecule has 0 N–H and O–H groups in total. The smallest absolute Gasteiger partial charge is 0.159 e. The maximum atomic E-state index is 14.2. The third-order valence-electron chi connectivity index (χ3n) is 3.93. The predicted octanol–water partition coefficient (Wildman–Crippen LogP) is 2.58. The van der Waals surface area contributed by atoms with Gasteiger partial charge >= 0.3 is 0 Å². The molecule has 1 fully saturated rings. The standard InChI is InChI=1S/C17H25FN2O2/c1-13(2)22-11-10-19-6-8-20(9-7-19)17-5-4-15(14(3)21)12-16(17)18/h4-5,12-13H,6-11H2,1-3H3. The van der Waals surface area contributed by atoms with E-state index in [-0.39, 0.29) is 17.7 Å². The highest BCUT2D eigenvalue weighted by atomic mass is 19.1. The van der Waals surface area contributed by atoms with Gasteiger partial charge in [0.15, 0.2) is 5.78 Å². The molecule has 22 heavy (non-hydrogen) atoms.